The van der Waals surface area contributed by atoms with Crippen LogP contribution in [0, 0.1) is 23.7 Å². The number of rotatable bonds is 3. The number of fused-ring (bicyclic) bond motifs is 5. The lowest BCUT2D eigenvalue weighted by Crippen LogP contribution is -2.80. The van der Waals surface area contributed by atoms with Gasteiger partial charge in [-0.3, -0.25) is 15.0 Å². The van der Waals surface area contributed by atoms with Gasteiger partial charge in [0.05, 0.1) is 18.4 Å². The van der Waals surface area contributed by atoms with E-state index < -0.39 is 36.6 Å². The van der Waals surface area contributed by atoms with Crippen LogP contribution in [-0.4, -0.2) is 114 Å². The van der Waals surface area contributed by atoms with Crippen molar-refractivity contribution in [3.8, 4) is 0 Å². The van der Waals surface area contributed by atoms with E-state index in [0.29, 0.717) is 32.6 Å². The SMILES string of the molecule is C=CC(=O)N1CCN(C2NC(=O)N3C4NC(C(F)CC42)C2C(F)CCCC2NC/C=C\C2CCNC(C(C)C)C23)[C@@H](C)C1. The highest BCUT2D eigenvalue weighted by Crippen LogP contribution is 2.42. The molecule has 1 saturated carbocycles. The molecule has 6 aliphatic rings. The molecular formula is C32H51F2N7O2. The third kappa shape index (κ3) is 5.75. The smallest absolute Gasteiger partial charge is 0.320 e. The number of nitrogens with one attached hydrogen (secondary N) is 4. The number of amides is 3. The lowest BCUT2D eigenvalue weighted by molar-refractivity contribution is -0.132. The van der Waals surface area contributed by atoms with E-state index in [1.165, 1.54) is 6.08 Å². The van der Waals surface area contributed by atoms with Crippen molar-refractivity contribution < 1.29 is 18.4 Å². The predicted octanol–water partition coefficient (Wildman–Crippen LogP) is 2.37. The van der Waals surface area contributed by atoms with E-state index in [4.69, 9.17) is 0 Å². The van der Waals surface area contributed by atoms with Gasteiger partial charge in [0.1, 0.15) is 12.3 Å². The maximum Gasteiger partial charge on any atom is 0.320 e. The molecule has 0 aromatic carbocycles. The Bertz CT molecular complexity index is 1080. The molecule has 12 atom stereocenters. The van der Waals surface area contributed by atoms with Gasteiger partial charge in [0.2, 0.25) is 5.91 Å². The van der Waals surface area contributed by atoms with Crippen LogP contribution in [0.1, 0.15) is 52.9 Å². The van der Waals surface area contributed by atoms with Crippen LogP contribution in [0.15, 0.2) is 24.8 Å². The first-order valence-electron chi connectivity index (χ1n) is 16.6. The minimum absolute atomic E-state index is 0.0332. The molecule has 0 aromatic rings. The number of hydrogen-bond acceptors (Lipinski definition) is 6. The molecule has 5 aliphatic heterocycles. The molecule has 4 saturated heterocycles. The number of alkyl halides is 2. The molecule has 0 spiro atoms. The van der Waals surface area contributed by atoms with E-state index >= 15 is 8.78 Å². The molecule has 9 nitrogen and oxygen atoms in total. The average molecular weight is 604 g/mol. The van der Waals surface area contributed by atoms with Gasteiger partial charge in [0, 0.05) is 68.1 Å². The van der Waals surface area contributed by atoms with Crippen molar-refractivity contribution in [3.63, 3.8) is 0 Å². The molecule has 1 aliphatic carbocycles. The van der Waals surface area contributed by atoms with Crippen LogP contribution in [0.5, 0.6) is 0 Å². The Balaban J connectivity index is 1.39. The van der Waals surface area contributed by atoms with Crippen LogP contribution >= 0.6 is 0 Å². The number of nitrogens with zero attached hydrogens (tertiary/aromatic N) is 3. The van der Waals surface area contributed by atoms with Gasteiger partial charge >= 0.3 is 6.03 Å². The van der Waals surface area contributed by atoms with Gasteiger partial charge in [0.15, 0.2) is 0 Å². The Morgan fingerprint density at radius 3 is 2.67 bits per heavy atom. The second-order valence-corrected chi connectivity index (χ2v) is 14.1. The van der Waals surface area contributed by atoms with E-state index in [-0.39, 0.29) is 60.3 Å². The van der Waals surface area contributed by atoms with Gasteiger partial charge in [-0.2, -0.15) is 0 Å². The number of halogens is 2. The molecular weight excluding hydrogens is 552 g/mol. The first-order valence-corrected chi connectivity index (χ1v) is 16.6. The molecule has 0 aromatic heterocycles. The molecule has 2 bridgehead atoms. The van der Waals surface area contributed by atoms with Gasteiger partial charge in [0.25, 0.3) is 0 Å². The zero-order chi connectivity index (χ0) is 30.4. The van der Waals surface area contributed by atoms with E-state index in [9.17, 15) is 9.59 Å². The fraction of sp³-hybridized carbons (Fsp3) is 0.812. The number of piperazine rings is 1. The Kier molecular flexibility index (Phi) is 9.16. The molecule has 4 N–H and O–H groups in total. The van der Waals surface area contributed by atoms with Crippen molar-refractivity contribution in [1.82, 2.24) is 36.0 Å². The number of carbonyl (C=O) groups excluding carboxylic acids is 2. The van der Waals surface area contributed by atoms with Crippen LogP contribution in [0.4, 0.5) is 13.6 Å². The van der Waals surface area contributed by atoms with Crippen LogP contribution in [-0.2, 0) is 4.79 Å². The van der Waals surface area contributed by atoms with Crippen molar-refractivity contribution in [2.75, 3.05) is 32.7 Å². The molecule has 6 rings (SSSR count). The summed E-state index contributed by atoms with van der Waals surface area (Å²) in [4.78, 5) is 32.7. The fourth-order valence-electron chi connectivity index (χ4n) is 9.24. The average Bonchev–Trinajstić information content (AvgIpc) is 2.98. The Morgan fingerprint density at radius 1 is 1.12 bits per heavy atom. The third-order valence-corrected chi connectivity index (χ3v) is 11.3. The first-order chi connectivity index (χ1) is 20.7. The van der Waals surface area contributed by atoms with Gasteiger partial charge in [-0.05, 0) is 57.6 Å². The molecule has 3 amide bonds. The van der Waals surface area contributed by atoms with Gasteiger partial charge in [-0.25, -0.2) is 13.6 Å². The fourth-order valence-corrected chi connectivity index (χ4v) is 9.24. The Hall–Kier alpha value is -2.08. The molecule has 11 heteroatoms. The number of urea groups is 1. The number of carbonyl (C=O) groups is 2. The van der Waals surface area contributed by atoms with Crippen molar-refractivity contribution in [3.05, 3.63) is 24.8 Å². The summed E-state index contributed by atoms with van der Waals surface area (Å²) in [5.41, 5.74) is 0. The molecule has 11 unspecified atom stereocenters. The van der Waals surface area contributed by atoms with E-state index in [0.717, 1.165) is 25.8 Å². The van der Waals surface area contributed by atoms with Gasteiger partial charge in [-0.15, -0.1) is 0 Å². The molecule has 5 heterocycles. The summed E-state index contributed by atoms with van der Waals surface area (Å²) in [6.45, 7) is 13.1. The van der Waals surface area contributed by atoms with Crippen molar-refractivity contribution in [1.29, 1.82) is 0 Å². The second kappa shape index (κ2) is 12.7. The first kappa shape index (κ1) is 30.9. The Labute approximate surface area is 255 Å². The highest BCUT2D eigenvalue weighted by atomic mass is 19.1. The van der Waals surface area contributed by atoms with Crippen LogP contribution in [0.3, 0.4) is 0 Å². The number of hydrogen-bond donors (Lipinski definition) is 4. The van der Waals surface area contributed by atoms with E-state index in [1.807, 2.05) is 4.90 Å². The molecule has 240 valence electrons. The van der Waals surface area contributed by atoms with Crippen LogP contribution < -0.4 is 21.3 Å². The minimum atomic E-state index is -1.25. The lowest BCUT2D eigenvalue weighted by atomic mass is 9.71. The summed E-state index contributed by atoms with van der Waals surface area (Å²) in [6, 6.07) is -1.06. The quantitative estimate of drug-likeness (QED) is 0.293. The monoisotopic (exact) mass is 603 g/mol. The third-order valence-electron chi connectivity index (χ3n) is 11.3. The van der Waals surface area contributed by atoms with Gasteiger partial charge < -0.3 is 25.8 Å². The second-order valence-electron chi connectivity index (χ2n) is 14.1. The van der Waals surface area contributed by atoms with Crippen LogP contribution in [0.2, 0.25) is 0 Å². The zero-order valence-corrected chi connectivity index (χ0v) is 25.9. The van der Waals surface area contributed by atoms with E-state index in [2.05, 4.69) is 65.7 Å². The largest absolute Gasteiger partial charge is 0.336 e. The Morgan fingerprint density at radius 2 is 1.93 bits per heavy atom. The normalized spacial score (nSPS) is 44.7. The zero-order valence-electron chi connectivity index (χ0n) is 25.9. The molecule has 43 heavy (non-hydrogen) atoms. The minimum Gasteiger partial charge on any atom is -0.336 e. The standard InChI is InChI=1S/C32H51F2N7O2/c1-5-25(42)39-14-15-40(19(4)17-39)30-21-16-23(34)28-26-22(33)9-6-10-24(26)35-12-7-8-20-11-13-36-27(18(2)3)29(20)41(31(21)37-28)32(43)38-30/h5,7-8,18-24,26-31,35-37H,1,6,9-17H2,2-4H3,(H,38,43)/b8-7-/t19-,20?,21?,22?,23?,24?,26?,27?,28?,29?,30?,31?/m0/s1. The van der Waals surface area contributed by atoms with Crippen molar-refractivity contribution in [2.45, 2.75) is 108 Å². The summed E-state index contributed by atoms with van der Waals surface area (Å²) < 4.78 is 32.3. The van der Waals surface area contributed by atoms with Crippen LogP contribution in [0.25, 0.3) is 0 Å². The van der Waals surface area contributed by atoms with E-state index in [1.54, 1.807) is 4.90 Å². The summed E-state index contributed by atoms with van der Waals surface area (Å²) in [7, 11) is 0. The molecule has 0 radical (unpaired) electrons. The number of piperidine rings is 2. The van der Waals surface area contributed by atoms with Crippen molar-refractivity contribution >= 4 is 11.9 Å². The summed E-state index contributed by atoms with van der Waals surface area (Å²) in [5, 5.41) is 14.3. The van der Waals surface area contributed by atoms with Crippen molar-refractivity contribution in [2.24, 2.45) is 23.7 Å². The predicted molar refractivity (Wildman–Crippen MR) is 163 cm³/mol. The lowest BCUT2D eigenvalue weighted by Gasteiger charge is -2.60. The summed E-state index contributed by atoms with van der Waals surface area (Å²) in [5.74, 6) is -0.432. The highest BCUT2D eigenvalue weighted by Gasteiger charge is 2.57. The maximum atomic E-state index is 16.5. The highest BCUT2D eigenvalue weighted by molar-refractivity contribution is 5.87. The molecule has 5 fully saturated rings. The summed E-state index contributed by atoms with van der Waals surface area (Å²) >= 11 is 0. The maximum absolute atomic E-state index is 16.5. The topological polar surface area (TPSA) is 92.0 Å². The van der Waals surface area contributed by atoms with Gasteiger partial charge in [-0.1, -0.05) is 32.6 Å². The summed E-state index contributed by atoms with van der Waals surface area (Å²) in [6.07, 6.45) is 5.75.